The van der Waals surface area contributed by atoms with E-state index in [1.807, 2.05) is 6.07 Å². The van der Waals surface area contributed by atoms with Gasteiger partial charge in [-0.1, -0.05) is 11.6 Å². The number of halogens is 1. The van der Waals surface area contributed by atoms with Crippen LogP contribution in [0.25, 0.3) is 0 Å². The van der Waals surface area contributed by atoms with E-state index in [9.17, 15) is 0 Å². The highest BCUT2D eigenvalue weighted by molar-refractivity contribution is 6.30. The predicted molar refractivity (Wildman–Crippen MR) is 53.4 cm³/mol. The Morgan fingerprint density at radius 3 is 2.86 bits per heavy atom. The standard InChI is InChI=1S/C10H10ClNO2/c1-14-10-3-2-8(11)4-9(10)7(5-12)6-13/h2-4,7,13H,6H2,1H3. The summed E-state index contributed by atoms with van der Waals surface area (Å²) in [5.74, 6) is -0.0290. The lowest BCUT2D eigenvalue weighted by molar-refractivity contribution is 0.282. The molecular weight excluding hydrogens is 202 g/mol. The molecule has 1 atom stereocenters. The minimum Gasteiger partial charge on any atom is -0.496 e. The maximum atomic E-state index is 8.97. The van der Waals surface area contributed by atoms with Crippen molar-refractivity contribution in [3.8, 4) is 11.8 Å². The smallest absolute Gasteiger partial charge is 0.123 e. The van der Waals surface area contributed by atoms with Gasteiger partial charge in [-0.2, -0.15) is 5.26 Å². The van der Waals surface area contributed by atoms with Gasteiger partial charge in [-0.15, -0.1) is 0 Å². The van der Waals surface area contributed by atoms with Crippen molar-refractivity contribution in [2.45, 2.75) is 5.92 Å². The normalized spacial score (nSPS) is 11.9. The SMILES string of the molecule is COc1ccc(Cl)cc1C(C#N)CO. The van der Waals surface area contributed by atoms with Gasteiger partial charge in [0, 0.05) is 10.6 Å². The van der Waals surface area contributed by atoms with Crippen LogP contribution in [0.2, 0.25) is 5.02 Å². The quantitative estimate of drug-likeness (QED) is 0.832. The highest BCUT2D eigenvalue weighted by Crippen LogP contribution is 2.28. The van der Waals surface area contributed by atoms with Gasteiger partial charge >= 0.3 is 0 Å². The van der Waals surface area contributed by atoms with E-state index in [1.165, 1.54) is 7.11 Å². The lowest BCUT2D eigenvalue weighted by Gasteiger charge is -2.11. The van der Waals surface area contributed by atoms with Crippen LogP contribution in [-0.2, 0) is 0 Å². The zero-order valence-electron chi connectivity index (χ0n) is 7.70. The Morgan fingerprint density at radius 1 is 1.64 bits per heavy atom. The van der Waals surface area contributed by atoms with Crippen LogP contribution in [0.3, 0.4) is 0 Å². The molecule has 0 heterocycles. The zero-order chi connectivity index (χ0) is 10.6. The summed E-state index contributed by atoms with van der Waals surface area (Å²) in [5, 5.41) is 18.3. The van der Waals surface area contributed by atoms with E-state index in [1.54, 1.807) is 18.2 Å². The van der Waals surface area contributed by atoms with Gasteiger partial charge in [0.1, 0.15) is 5.75 Å². The third kappa shape index (κ3) is 2.16. The van der Waals surface area contributed by atoms with Gasteiger partial charge in [0.05, 0.1) is 25.7 Å². The summed E-state index contributed by atoms with van der Waals surface area (Å²) in [6, 6.07) is 6.97. The molecule has 14 heavy (non-hydrogen) atoms. The van der Waals surface area contributed by atoms with Crippen molar-refractivity contribution < 1.29 is 9.84 Å². The molecule has 74 valence electrons. The molecule has 1 aromatic carbocycles. The number of hydrogen-bond donors (Lipinski definition) is 1. The van der Waals surface area contributed by atoms with Crippen LogP contribution in [0, 0.1) is 11.3 Å². The van der Waals surface area contributed by atoms with Gasteiger partial charge in [-0.3, -0.25) is 0 Å². The molecule has 1 N–H and O–H groups in total. The Labute approximate surface area is 87.5 Å². The fraction of sp³-hybridized carbons (Fsp3) is 0.300. The number of nitriles is 1. The maximum absolute atomic E-state index is 8.97. The Morgan fingerprint density at radius 2 is 2.36 bits per heavy atom. The predicted octanol–water partition coefficient (Wildman–Crippen LogP) is 1.95. The molecule has 0 saturated carbocycles. The Kier molecular flexibility index (Phi) is 3.75. The van der Waals surface area contributed by atoms with Crippen molar-refractivity contribution in [2.75, 3.05) is 13.7 Å². The summed E-state index contributed by atoms with van der Waals surface area (Å²) in [7, 11) is 1.51. The molecule has 1 rings (SSSR count). The van der Waals surface area contributed by atoms with Crippen molar-refractivity contribution >= 4 is 11.6 Å². The largest absolute Gasteiger partial charge is 0.496 e. The van der Waals surface area contributed by atoms with Crippen LogP contribution < -0.4 is 4.74 Å². The Hall–Kier alpha value is -1.24. The first-order valence-corrected chi connectivity index (χ1v) is 4.44. The summed E-state index contributed by atoms with van der Waals surface area (Å²) in [6.45, 7) is -0.243. The molecule has 0 saturated heterocycles. The first-order chi connectivity index (χ1) is 6.72. The van der Waals surface area contributed by atoms with E-state index in [2.05, 4.69) is 0 Å². The molecule has 0 radical (unpaired) electrons. The molecule has 0 aromatic heterocycles. The van der Waals surface area contributed by atoms with Crippen LogP contribution in [-0.4, -0.2) is 18.8 Å². The minimum absolute atomic E-state index is 0.243. The van der Waals surface area contributed by atoms with E-state index >= 15 is 0 Å². The number of rotatable bonds is 3. The highest BCUT2D eigenvalue weighted by Gasteiger charge is 2.14. The van der Waals surface area contributed by atoms with E-state index in [4.69, 9.17) is 26.7 Å². The summed E-state index contributed by atoms with van der Waals surface area (Å²) in [5.41, 5.74) is 0.616. The molecule has 1 aromatic rings. The summed E-state index contributed by atoms with van der Waals surface area (Å²) in [4.78, 5) is 0. The van der Waals surface area contributed by atoms with Crippen molar-refractivity contribution in [3.05, 3.63) is 28.8 Å². The second kappa shape index (κ2) is 4.85. The third-order valence-corrected chi connectivity index (χ3v) is 2.14. The number of aliphatic hydroxyl groups is 1. The number of nitrogens with zero attached hydrogens (tertiary/aromatic N) is 1. The Balaban J connectivity index is 3.16. The fourth-order valence-corrected chi connectivity index (χ4v) is 1.37. The molecule has 0 amide bonds. The summed E-state index contributed by atoms with van der Waals surface area (Å²) < 4.78 is 5.06. The molecule has 0 aliphatic carbocycles. The molecular formula is C10H10ClNO2. The average Bonchev–Trinajstić information content (AvgIpc) is 2.20. The summed E-state index contributed by atoms with van der Waals surface area (Å²) >= 11 is 5.79. The van der Waals surface area contributed by atoms with Crippen LogP contribution in [0.15, 0.2) is 18.2 Å². The van der Waals surface area contributed by atoms with Crippen LogP contribution in [0.1, 0.15) is 11.5 Å². The van der Waals surface area contributed by atoms with Gasteiger partial charge in [0.25, 0.3) is 0 Å². The molecule has 0 spiro atoms. The zero-order valence-corrected chi connectivity index (χ0v) is 8.45. The maximum Gasteiger partial charge on any atom is 0.123 e. The summed E-state index contributed by atoms with van der Waals surface area (Å²) in [6.07, 6.45) is 0. The number of aliphatic hydroxyl groups excluding tert-OH is 1. The van der Waals surface area contributed by atoms with Gasteiger partial charge in [0.15, 0.2) is 0 Å². The van der Waals surface area contributed by atoms with Crippen LogP contribution >= 0.6 is 11.6 Å². The number of methoxy groups -OCH3 is 1. The van der Waals surface area contributed by atoms with Gasteiger partial charge in [0.2, 0.25) is 0 Å². The monoisotopic (exact) mass is 211 g/mol. The van der Waals surface area contributed by atoms with E-state index in [0.717, 1.165) is 0 Å². The number of ether oxygens (including phenoxy) is 1. The molecule has 3 nitrogen and oxygen atoms in total. The van der Waals surface area contributed by atoms with E-state index in [-0.39, 0.29) is 6.61 Å². The van der Waals surface area contributed by atoms with Crippen molar-refractivity contribution in [1.29, 1.82) is 5.26 Å². The third-order valence-electron chi connectivity index (χ3n) is 1.91. The first-order valence-electron chi connectivity index (χ1n) is 4.06. The lowest BCUT2D eigenvalue weighted by Crippen LogP contribution is -2.03. The van der Waals surface area contributed by atoms with Crippen molar-refractivity contribution in [2.24, 2.45) is 0 Å². The van der Waals surface area contributed by atoms with Crippen molar-refractivity contribution in [1.82, 2.24) is 0 Å². The average molecular weight is 212 g/mol. The van der Waals surface area contributed by atoms with E-state index in [0.29, 0.717) is 16.3 Å². The van der Waals surface area contributed by atoms with Crippen LogP contribution in [0.5, 0.6) is 5.75 Å². The molecule has 0 fully saturated rings. The first kappa shape index (κ1) is 10.8. The second-order valence-corrected chi connectivity index (χ2v) is 3.19. The van der Waals surface area contributed by atoms with Gasteiger partial charge in [-0.25, -0.2) is 0 Å². The van der Waals surface area contributed by atoms with Crippen molar-refractivity contribution in [3.63, 3.8) is 0 Å². The molecule has 0 aliphatic rings. The highest BCUT2D eigenvalue weighted by atomic mass is 35.5. The Bertz CT molecular complexity index is 360. The minimum atomic E-state index is -0.594. The van der Waals surface area contributed by atoms with Gasteiger partial charge < -0.3 is 9.84 Å². The fourth-order valence-electron chi connectivity index (χ4n) is 1.19. The van der Waals surface area contributed by atoms with E-state index < -0.39 is 5.92 Å². The number of benzene rings is 1. The lowest BCUT2D eigenvalue weighted by atomic mass is 10.0. The van der Waals surface area contributed by atoms with Gasteiger partial charge in [-0.05, 0) is 18.2 Å². The number of hydrogen-bond acceptors (Lipinski definition) is 3. The molecule has 1 unspecified atom stereocenters. The topological polar surface area (TPSA) is 53.2 Å². The second-order valence-electron chi connectivity index (χ2n) is 2.75. The van der Waals surface area contributed by atoms with Crippen LogP contribution in [0.4, 0.5) is 0 Å². The molecule has 4 heteroatoms. The molecule has 0 aliphatic heterocycles. The molecule has 0 bridgehead atoms.